The quantitative estimate of drug-likeness (QED) is 0.785. The summed E-state index contributed by atoms with van der Waals surface area (Å²) >= 11 is 0. The molecule has 1 atom stereocenters. The van der Waals surface area contributed by atoms with Crippen LogP contribution in [0.3, 0.4) is 0 Å². The highest BCUT2D eigenvalue weighted by atomic mass is 16.1. The summed E-state index contributed by atoms with van der Waals surface area (Å²) in [6, 6.07) is 12.2. The van der Waals surface area contributed by atoms with Crippen molar-refractivity contribution < 1.29 is 4.79 Å². The number of aromatic nitrogens is 1. The number of aldehydes is 1. The van der Waals surface area contributed by atoms with Gasteiger partial charge < -0.3 is 4.57 Å². The van der Waals surface area contributed by atoms with Gasteiger partial charge in [0.15, 0.2) is 6.29 Å². The highest BCUT2D eigenvalue weighted by Crippen LogP contribution is 2.51. The number of carbonyl (C=O) groups excluding carboxylic acids is 1. The molecule has 0 amide bonds. The van der Waals surface area contributed by atoms with Crippen molar-refractivity contribution >= 4 is 6.29 Å². The SMILES string of the molecule is CC1(C)CC(C)(C#N)c2cn(-c3ccccc3)c(C=O)c21. The van der Waals surface area contributed by atoms with Gasteiger partial charge >= 0.3 is 0 Å². The van der Waals surface area contributed by atoms with Crippen molar-refractivity contribution in [1.29, 1.82) is 5.26 Å². The maximum atomic E-state index is 11.7. The molecule has 0 spiro atoms. The Morgan fingerprint density at radius 2 is 1.90 bits per heavy atom. The molecular weight excluding hydrogens is 260 g/mol. The lowest BCUT2D eigenvalue weighted by Gasteiger charge is -2.23. The fourth-order valence-corrected chi connectivity index (χ4v) is 3.74. The monoisotopic (exact) mass is 278 g/mol. The smallest absolute Gasteiger partial charge is 0.167 e. The molecule has 0 radical (unpaired) electrons. The van der Waals surface area contributed by atoms with Crippen LogP contribution in [0.1, 0.15) is 48.8 Å². The van der Waals surface area contributed by atoms with E-state index >= 15 is 0 Å². The van der Waals surface area contributed by atoms with Gasteiger partial charge in [0.05, 0.1) is 17.2 Å². The molecular formula is C18H18N2O. The van der Waals surface area contributed by atoms with Crippen molar-refractivity contribution in [3.8, 4) is 11.8 Å². The van der Waals surface area contributed by atoms with Gasteiger partial charge in [0.2, 0.25) is 0 Å². The highest BCUT2D eigenvalue weighted by molar-refractivity contribution is 5.80. The summed E-state index contributed by atoms with van der Waals surface area (Å²) in [6.45, 7) is 6.18. The van der Waals surface area contributed by atoms with Crippen LogP contribution in [0, 0.1) is 11.3 Å². The van der Waals surface area contributed by atoms with E-state index in [1.807, 2.05) is 48.0 Å². The van der Waals surface area contributed by atoms with E-state index in [1.165, 1.54) is 0 Å². The van der Waals surface area contributed by atoms with Gasteiger partial charge in [0.25, 0.3) is 0 Å². The van der Waals surface area contributed by atoms with Crippen LogP contribution in [0.4, 0.5) is 0 Å². The number of rotatable bonds is 2. The van der Waals surface area contributed by atoms with Gasteiger partial charge in [-0.2, -0.15) is 5.26 Å². The van der Waals surface area contributed by atoms with Crippen LogP contribution in [0.25, 0.3) is 5.69 Å². The second kappa shape index (κ2) is 4.33. The van der Waals surface area contributed by atoms with E-state index in [4.69, 9.17) is 0 Å². The molecule has 0 aliphatic heterocycles. The van der Waals surface area contributed by atoms with Crippen LogP contribution in [-0.4, -0.2) is 10.9 Å². The minimum atomic E-state index is -0.531. The predicted octanol–water partition coefficient (Wildman–Crippen LogP) is 3.75. The Morgan fingerprint density at radius 3 is 2.48 bits per heavy atom. The molecule has 1 heterocycles. The molecule has 1 aromatic heterocycles. The molecule has 1 aliphatic rings. The molecule has 0 saturated heterocycles. The van der Waals surface area contributed by atoms with Crippen molar-refractivity contribution in [2.24, 2.45) is 0 Å². The van der Waals surface area contributed by atoms with Crippen LogP contribution < -0.4 is 0 Å². The molecule has 3 heteroatoms. The van der Waals surface area contributed by atoms with Gasteiger partial charge in [-0.3, -0.25) is 4.79 Å². The summed E-state index contributed by atoms with van der Waals surface area (Å²) in [4.78, 5) is 11.7. The molecule has 0 bridgehead atoms. The highest BCUT2D eigenvalue weighted by Gasteiger charge is 2.48. The van der Waals surface area contributed by atoms with E-state index < -0.39 is 5.41 Å². The van der Waals surface area contributed by atoms with Crippen LogP contribution in [0.2, 0.25) is 0 Å². The topological polar surface area (TPSA) is 45.8 Å². The van der Waals surface area contributed by atoms with Crippen LogP contribution in [0.15, 0.2) is 36.5 Å². The molecule has 106 valence electrons. The molecule has 0 fully saturated rings. The lowest BCUT2D eigenvalue weighted by Crippen LogP contribution is -2.22. The zero-order valence-corrected chi connectivity index (χ0v) is 12.6. The van der Waals surface area contributed by atoms with E-state index in [0.717, 1.165) is 29.5 Å². The van der Waals surface area contributed by atoms with Crippen molar-refractivity contribution in [1.82, 2.24) is 4.57 Å². The van der Waals surface area contributed by atoms with Crippen LogP contribution >= 0.6 is 0 Å². The molecule has 3 nitrogen and oxygen atoms in total. The number of benzene rings is 1. The largest absolute Gasteiger partial charge is 0.314 e. The number of carbonyl (C=O) groups is 1. The van der Waals surface area contributed by atoms with Gasteiger partial charge in [-0.1, -0.05) is 32.0 Å². The average molecular weight is 278 g/mol. The molecule has 0 N–H and O–H groups in total. The Balaban J connectivity index is 2.32. The number of fused-ring (bicyclic) bond motifs is 1. The average Bonchev–Trinajstić information content (AvgIpc) is 2.96. The zero-order chi connectivity index (χ0) is 15.3. The third-order valence-electron chi connectivity index (χ3n) is 4.50. The van der Waals surface area contributed by atoms with Crippen LogP contribution in [-0.2, 0) is 10.8 Å². The molecule has 3 rings (SSSR count). The Hall–Kier alpha value is -2.34. The van der Waals surface area contributed by atoms with E-state index in [2.05, 4.69) is 19.9 Å². The third-order valence-corrected chi connectivity index (χ3v) is 4.50. The predicted molar refractivity (Wildman–Crippen MR) is 81.8 cm³/mol. The molecule has 1 aliphatic carbocycles. The number of hydrogen-bond acceptors (Lipinski definition) is 2. The second-order valence-corrected chi connectivity index (χ2v) is 6.63. The van der Waals surface area contributed by atoms with Gasteiger partial charge in [0, 0.05) is 11.9 Å². The molecule has 1 aromatic carbocycles. The summed E-state index contributed by atoms with van der Waals surface area (Å²) < 4.78 is 1.91. The Morgan fingerprint density at radius 1 is 1.24 bits per heavy atom. The van der Waals surface area contributed by atoms with Gasteiger partial charge in [-0.25, -0.2) is 0 Å². The third kappa shape index (κ3) is 1.83. The summed E-state index contributed by atoms with van der Waals surface area (Å²) in [5.74, 6) is 0. The summed E-state index contributed by atoms with van der Waals surface area (Å²) in [7, 11) is 0. The Kier molecular flexibility index (Phi) is 2.81. The van der Waals surface area contributed by atoms with Crippen molar-refractivity contribution in [3.05, 3.63) is 53.3 Å². The first kappa shape index (κ1) is 13.6. The lowest BCUT2D eigenvalue weighted by atomic mass is 9.81. The van der Waals surface area contributed by atoms with Gasteiger partial charge in [-0.15, -0.1) is 0 Å². The van der Waals surface area contributed by atoms with E-state index in [1.54, 1.807) is 0 Å². The van der Waals surface area contributed by atoms with Crippen molar-refractivity contribution in [2.45, 2.75) is 38.0 Å². The molecule has 0 saturated carbocycles. The first-order chi connectivity index (χ1) is 9.93. The fraction of sp³-hybridized carbons (Fsp3) is 0.333. The standard InChI is InChI=1S/C18H18N2O/c1-17(2)11-18(3,12-19)14-9-20(15(10-21)16(14)17)13-7-5-4-6-8-13/h4-10H,11H2,1-3H3. The maximum absolute atomic E-state index is 11.7. The first-order valence-corrected chi connectivity index (χ1v) is 7.11. The number of nitrogens with zero attached hydrogens (tertiary/aromatic N) is 2. The van der Waals surface area contributed by atoms with Gasteiger partial charge in [0.1, 0.15) is 0 Å². The van der Waals surface area contributed by atoms with E-state index in [0.29, 0.717) is 5.69 Å². The Labute approximate surface area is 124 Å². The van der Waals surface area contributed by atoms with Crippen molar-refractivity contribution in [2.75, 3.05) is 0 Å². The maximum Gasteiger partial charge on any atom is 0.167 e. The summed E-state index contributed by atoms with van der Waals surface area (Å²) in [5, 5.41) is 9.60. The molecule has 21 heavy (non-hydrogen) atoms. The van der Waals surface area contributed by atoms with Crippen molar-refractivity contribution in [3.63, 3.8) is 0 Å². The Bertz CT molecular complexity index is 750. The minimum absolute atomic E-state index is 0.171. The zero-order valence-electron chi connectivity index (χ0n) is 12.6. The summed E-state index contributed by atoms with van der Waals surface area (Å²) in [6.07, 6.45) is 3.63. The second-order valence-electron chi connectivity index (χ2n) is 6.63. The number of nitriles is 1. The number of hydrogen-bond donors (Lipinski definition) is 0. The molecule has 2 aromatic rings. The first-order valence-electron chi connectivity index (χ1n) is 7.11. The normalized spacial score (nSPS) is 22.6. The number of para-hydroxylation sites is 1. The van der Waals surface area contributed by atoms with Gasteiger partial charge in [-0.05, 0) is 42.0 Å². The lowest BCUT2D eigenvalue weighted by molar-refractivity contribution is 0.111. The minimum Gasteiger partial charge on any atom is -0.314 e. The summed E-state index contributed by atoms with van der Waals surface area (Å²) in [5.41, 5.74) is 2.92. The van der Waals surface area contributed by atoms with E-state index in [9.17, 15) is 10.1 Å². The molecule has 1 unspecified atom stereocenters. The fourth-order valence-electron chi connectivity index (χ4n) is 3.74. The van der Waals surface area contributed by atoms with Crippen LogP contribution in [0.5, 0.6) is 0 Å². The van der Waals surface area contributed by atoms with E-state index in [-0.39, 0.29) is 5.41 Å².